The smallest absolute Gasteiger partial charge is 0.212 e. The first kappa shape index (κ1) is 10.3. The van der Waals surface area contributed by atoms with E-state index in [-0.39, 0.29) is 21.7 Å². The van der Waals surface area contributed by atoms with E-state index in [0.717, 1.165) is 0 Å². The summed E-state index contributed by atoms with van der Waals surface area (Å²) in [5.74, 6) is -0.719. The second kappa shape index (κ2) is 5.02. The number of carbonyl (C=O) groups is 2. The van der Waals surface area contributed by atoms with E-state index < -0.39 is 0 Å². The molecule has 0 N–H and O–H groups in total. The maximum atomic E-state index is 10.9. The Morgan fingerprint density at radius 2 is 2.00 bits per heavy atom. The lowest BCUT2D eigenvalue weighted by molar-refractivity contribution is -0.134. The van der Waals surface area contributed by atoms with E-state index in [9.17, 15) is 9.59 Å². The van der Waals surface area contributed by atoms with E-state index in [1.807, 2.05) is 6.92 Å². The molecule has 0 saturated carbocycles. The van der Waals surface area contributed by atoms with Gasteiger partial charge in [0.25, 0.3) is 0 Å². The van der Waals surface area contributed by atoms with Gasteiger partial charge in [-0.1, -0.05) is 38.8 Å². The summed E-state index contributed by atoms with van der Waals surface area (Å²) in [5.41, 5.74) is 0. The number of carbonyl (C=O) groups excluding carboxylic acids is 2. The SMILES string of the molecule is CCC(Br)C(=O)C(=O)CBr. The van der Waals surface area contributed by atoms with Crippen LogP contribution in [0.2, 0.25) is 0 Å². The van der Waals surface area contributed by atoms with Gasteiger partial charge < -0.3 is 0 Å². The first-order chi connectivity index (χ1) is 4.63. The molecule has 0 aromatic rings. The second-order valence-corrected chi connectivity index (χ2v) is 3.46. The van der Waals surface area contributed by atoms with Crippen molar-refractivity contribution in [2.75, 3.05) is 5.33 Å². The van der Waals surface area contributed by atoms with Crippen molar-refractivity contribution in [2.24, 2.45) is 0 Å². The molecule has 0 aliphatic heterocycles. The molecule has 0 fully saturated rings. The Balaban J connectivity index is 3.95. The van der Waals surface area contributed by atoms with Gasteiger partial charge in [0.2, 0.25) is 11.6 Å². The van der Waals surface area contributed by atoms with Crippen LogP contribution in [0.15, 0.2) is 0 Å². The van der Waals surface area contributed by atoms with Crippen molar-refractivity contribution in [1.82, 2.24) is 0 Å². The highest BCUT2D eigenvalue weighted by Crippen LogP contribution is 2.06. The van der Waals surface area contributed by atoms with Crippen LogP contribution in [0.3, 0.4) is 0 Å². The van der Waals surface area contributed by atoms with Crippen LogP contribution in [0.1, 0.15) is 13.3 Å². The normalized spacial score (nSPS) is 12.7. The molecule has 0 radical (unpaired) electrons. The van der Waals surface area contributed by atoms with Crippen molar-refractivity contribution in [2.45, 2.75) is 18.2 Å². The molecule has 1 unspecified atom stereocenters. The van der Waals surface area contributed by atoms with E-state index in [2.05, 4.69) is 31.9 Å². The topological polar surface area (TPSA) is 34.1 Å². The molecule has 0 saturated heterocycles. The third-order valence-corrected chi connectivity index (χ3v) is 2.61. The maximum Gasteiger partial charge on any atom is 0.212 e. The molecule has 10 heavy (non-hydrogen) atoms. The number of hydrogen-bond donors (Lipinski definition) is 0. The first-order valence-electron chi connectivity index (χ1n) is 2.90. The minimum atomic E-state index is -0.372. The Kier molecular flexibility index (Phi) is 5.17. The Morgan fingerprint density at radius 3 is 2.30 bits per heavy atom. The first-order valence-corrected chi connectivity index (χ1v) is 4.94. The number of rotatable bonds is 4. The minimum Gasteiger partial charge on any atom is -0.290 e. The molecular weight excluding hydrogens is 264 g/mol. The number of Topliss-reactive ketones (excluding diaryl/α,β-unsaturated/α-hetero) is 2. The van der Waals surface area contributed by atoms with Gasteiger partial charge in [0.15, 0.2) is 0 Å². The fourth-order valence-corrected chi connectivity index (χ4v) is 0.958. The largest absolute Gasteiger partial charge is 0.290 e. The van der Waals surface area contributed by atoms with Crippen LogP contribution in [0, 0.1) is 0 Å². The average Bonchev–Trinajstić information content (AvgIpc) is 2.00. The number of hydrogen-bond acceptors (Lipinski definition) is 2. The molecular formula is C6H8Br2O2. The third-order valence-electron chi connectivity index (χ3n) is 1.04. The molecule has 1 atom stereocenters. The van der Waals surface area contributed by atoms with Gasteiger partial charge in [-0.05, 0) is 6.42 Å². The molecule has 4 heteroatoms. The molecule has 0 aromatic carbocycles. The van der Waals surface area contributed by atoms with Gasteiger partial charge in [0.1, 0.15) is 0 Å². The Morgan fingerprint density at radius 1 is 1.50 bits per heavy atom. The van der Waals surface area contributed by atoms with E-state index in [4.69, 9.17) is 0 Å². The molecule has 0 rings (SSSR count). The molecule has 58 valence electrons. The lowest BCUT2D eigenvalue weighted by Gasteiger charge is -2.00. The molecule has 0 amide bonds. The fraction of sp³-hybridized carbons (Fsp3) is 0.667. The van der Waals surface area contributed by atoms with Gasteiger partial charge in [-0.25, -0.2) is 0 Å². The number of ketones is 2. The van der Waals surface area contributed by atoms with E-state index >= 15 is 0 Å². The predicted octanol–water partition coefficient (Wildman–Crippen LogP) is 1.69. The Hall–Kier alpha value is 0.300. The van der Waals surface area contributed by atoms with Crippen molar-refractivity contribution in [3.05, 3.63) is 0 Å². The van der Waals surface area contributed by atoms with Crippen LogP contribution in [-0.4, -0.2) is 21.7 Å². The zero-order chi connectivity index (χ0) is 8.15. The third kappa shape index (κ3) is 2.92. The van der Waals surface area contributed by atoms with Crippen molar-refractivity contribution >= 4 is 43.4 Å². The van der Waals surface area contributed by atoms with Gasteiger partial charge in [-0.2, -0.15) is 0 Å². The van der Waals surface area contributed by atoms with E-state index in [1.165, 1.54) is 0 Å². The van der Waals surface area contributed by atoms with Gasteiger partial charge in [-0.3, -0.25) is 9.59 Å². The maximum absolute atomic E-state index is 10.9. The van der Waals surface area contributed by atoms with Gasteiger partial charge in [0.05, 0.1) is 10.2 Å². The Bertz CT molecular complexity index is 145. The van der Waals surface area contributed by atoms with Gasteiger partial charge in [0, 0.05) is 0 Å². The fourth-order valence-electron chi connectivity index (χ4n) is 0.426. The van der Waals surface area contributed by atoms with Crippen LogP contribution in [-0.2, 0) is 9.59 Å². The van der Waals surface area contributed by atoms with Crippen LogP contribution in [0.25, 0.3) is 0 Å². The lowest BCUT2D eigenvalue weighted by Crippen LogP contribution is -2.24. The highest BCUT2D eigenvalue weighted by Gasteiger charge is 2.19. The number of alkyl halides is 2. The summed E-state index contributed by atoms with van der Waals surface area (Å²) in [5, 5.41) is 0.119. The van der Waals surface area contributed by atoms with Crippen molar-refractivity contribution < 1.29 is 9.59 Å². The summed E-state index contributed by atoms with van der Waals surface area (Å²) in [4.78, 5) is 21.3. The lowest BCUT2D eigenvalue weighted by atomic mass is 10.2. The predicted molar refractivity (Wildman–Crippen MR) is 46.8 cm³/mol. The average molecular weight is 272 g/mol. The van der Waals surface area contributed by atoms with E-state index in [1.54, 1.807) is 0 Å². The summed E-state index contributed by atoms with van der Waals surface area (Å²) in [6.07, 6.45) is 0.650. The van der Waals surface area contributed by atoms with Crippen LogP contribution >= 0.6 is 31.9 Å². The monoisotopic (exact) mass is 270 g/mol. The summed E-state index contributed by atoms with van der Waals surface area (Å²) in [6.45, 7) is 1.85. The Labute approximate surface area is 76.6 Å². The molecule has 0 aromatic heterocycles. The standard InChI is InChI=1S/C6H8Br2O2/c1-2-4(8)6(10)5(9)3-7/h4H,2-3H2,1H3. The quantitative estimate of drug-likeness (QED) is 0.576. The molecule has 0 aliphatic rings. The highest BCUT2D eigenvalue weighted by molar-refractivity contribution is 9.10. The molecule has 0 heterocycles. The van der Waals surface area contributed by atoms with Gasteiger partial charge >= 0.3 is 0 Å². The van der Waals surface area contributed by atoms with Crippen molar-refractivity contribution in [3.8, 4) is 0 Å². The second-order valence-electron chi connectivity index (χ2n) is 1.80. The van der Waals surface area contributed by atoms with Crippen molar-refractivity contribution in [3.63, 3.8) is 0 Å². The molecule has 0 aliphatic carbocycles. The zero-order valence-electron chi connectivity index (χ0n) is 5.56. The summed E-state index contributed by atoms with van der Waals surface area (Å²) >= 11 is 6.01. The summed E-state index contributed by atoms with van der Waals surface area (Å²) in [7, 11) is 0. The zero-order valence-corrected chi connectivity index (χ0v) is 8.74. The van der Waals surface area contributed by atoms with Crippen LogP contribution < -0.4 is 0 Å². The summed E-state index contributed by atoms with van der Waals surface area (Å²) < 4.78 is 0. The minimum absolute atomic E-state index is 0.119. The molecule has 2 nitrogen and oxygen atoms in total. The molecule has 0 spiro atoms. The molecule has 0 bridgehead atoms. The number of halogens is 2. The van der Waals surface area contributed by atoms with E-state index in [0.29, 0.717) is 6.42 Å². The summed E-state index contributed by atoms with van der Waals surface area (Å²) in [6, 6.07) is 0. The van der Waals surface area contributed by atoms with Crippen molar-refractivity contribution in [1.29, 1.82) is 0 Å². The van der Waals surface area contributed by atoms with Gasteiger partial charge in [-0.15, -0.1) is 0 Å². The van der Waals surface area contributed by atoms with Crippen LogP contribution in [0.4, 0.5) is 0 Å². The highest BCUT2D eigenvalue weighted by atomic mass is 79.9. The van der Waals surface area contributed by atoms with Crippen LogP contribution in [0.5, 0.6) is 0 Å².